The fourth-order valence-corrected chi connectivity index (χ4v) is 6.65. The van der Waals surface area contributed by atoms with Gasteiger partial charge in [0.05, 0.1) is 12.2 Å². The molecule has 0 aliphatic heterocycles. The maximum atomic E-state index is 10.6. The van der Waals surface area contributed by atoms with E-state index in [1.165, 1.54) is 57.9 Å². The number of aliphatic hydroxyl groups is 2. The van der Waals surface area contributed by atoms with Crippen molar-refractivity contribution in [1.82, 2.24) is 4.90 Å². The van der Waals surface area contributed by atoms with Gasteiger partial charge in [0.1, 0.15) is 0 Å². The average Bonchev–Trinajstić information content (AvgIpc) is 3.39. The number of fused-ring (bicyclic) bond motifs is 1. The summed E-state index contributed by atoms with van der Waals surface area (Å²) in [5.74, 6) is 2.03. The maximum absolute atomic E-state index is 10.6. The summed E-state index contributed by atoms with van der Waals surface area (Å²) in [6, 6.07) is 1.26. The van der Waals surface area contributed by atoms with Crippen LogP contribution in [0.15, 0.2) is 23.8 Å². The predicted molar refractivity (Wildman–Crippen MR) is 131 cm³/mol. The second kappa shape index (κ2) is 12.0. The Bertz CT molecular complexity index is 582. The van der Waals surface area contributed by atoms with Crippen LogP contribution in [0.5, 0.6) is 0 Å². The van der Waals surface area contributed by atoms with Gasteiger partial charge in [-0.25, -0.2) is 0 Å². The van der Waals surface area contributed by atoms with Crippen LogP contribution in [0, 0.1) is 23.7 Å². The summed E-state index contributed by atoms with van der Waals surface area (Å²) in [5, 5.41) is 21.0. The normalized spacial score (nSPS) is 30.3. The smallest absolute Gasteiger partial charge is 0.0723 e. The molecule has 0 unspecified atom stereocenters. The molecule has 0 aromatic carbocycles. The Morgan fingerprint density at radius 2 is 1.77 bits per heavy atom. The largest absolute Gasteiger partial charge is 0.392 e. The van der Waals surface area contributed by atoms with Crippen molar-refractivity contribution in [2.24, 2.45) is 23.7 Å². The van der Waals surface area contributed by atoms with Crippen LogP contribution in [-0.2, 0) is 0 Å². The van der Waals surface area contributed by atoms with Crippen LogP contribution in [0.3, 0.4) is 0 Å². The van der Waals surface area contributed by atoms with Gasteiger partial charge in [-0.1, -0.05) is 55.9 Å². The van der Waals surface area contributed by atoms with Crippen LogP contribution >= 0.6 is 0 Å². The Morgan fingerprint density at radius 1 is 1.06 bits per heavy atom. The van der Waals surface area contributed by atoms with Crippen molar-refractivity contribution < 1.29 is 10.2 Å². The minimum Gasteiger partial charge on any atom is -0.392 e. The molecule has 0 bridgehead atoms. The average molecular weight is 432 g/mol. The highest BCUT2D eigenvalue weighted by Crippen LogP contribution is 2.48. The summed E-state index contributed by atoms with van der Waals surface area (Å²) in [6.45, 7) is 10.4. The van der Waals surface area contributed by atoms with Crippen LogP contribution in [0.2, 0.25) is 0 Å². The molecule has 0 radical (unpaired) electrons. The zero-order chi connectivity index (χ0) is 22.4. The molecular formula is C28H49NO2. The number of allylic oxidation sites excluding steroid dienone is 2. The number of aliphatic hydroxyl groups excluding tert-OH is 2. The predicted octanol–water partition coefficient (Wildman–Crippen LogP) is 6.11. The molecule has 0 amide bonds. The molecule has 0 saturated heterocycles. The van der Waals surface area contributed by atoms with E-state index >= 15 is 0 Å². The van der Waals surface area contributed by atoms with Crippen molar-refractivity contribution in [3.63, 3.8) is 0 Å². The minimum atomic E-state index is -0.334. The van der Waals surface area contributed by atoms with Gasteiger partial charge in [-0.3, -0.25) is 4.90 Å². The molecule has 3 nitrogen and oxygen atoms in total. The van der Waals surface area contributed by atoms with Gasteiger partial charge in [0.2, 0.25) is 0 Å². The summed E-state index contributed by atoms with van der Waals surface area (Å²) in [6.07, 6.45) is 19.4. The maximum Gasteiger partial charge on any atom is 0.0723 e. The van der Waals surface area contributed by atoms with Crippen molar-refractivity contribution in [3.05, 3.63) is 23.8 Å². The third kappa shape index (κ3) is 7.17. The molecule has 3 heteroatoms. The number of nitrogens with zero attached hydrogens (tertiary/aromatic N) is 1. The zero-order valence-corrected chi connectivity index (χ0v) is 20.7. The highest BCUT2D eigenvalue weighted by atomic mass is 16.3. The van der Waals surface area contributed by atoms with Crippen molar-refractivity contribution in [2.45, 2.75) is 123 Å². The van der Waals surface area contributed by atoms with E-state index in [-0.39, 0.29) is 18.1 Å². The van der Waals surface area contributed by atoms with Gasteiger partial charge in [0, 0.05) is 18.0 Å². The highest BCUT2D eigenvalue weighted by Gasteiger charge is 2.43. The highest BCUT2D eigenvalue weighted by molar-refractivity contribution is 5.21. The Morgan fingerprint density at radius 3 is 2.45 bits per heavy atom. The van der Waals surface area contributed by atoms with Gasteiger partial charge in [-0.15, -0.1) is 0 Å². The van der Waals surface area contributed by atoms with Crippen LogP contribution in [-0.4, -0.2) is 45.9 Å². The molecule has 3 rings (SSSR count). The number of unbranched alkanes of at least 4 members (excludes halogenated alkanes) is 2. The zero-order valence-electron chi connectivity index (χ0n) is 20.7. The van der Waals surface area contributed by atoms with Crippen molar-refractivity contribution in [2.75, 3.05) is 6.54 Å². The standard InChI is InChI=1S/C28H49NO2/c1-20(2)29(21(3)4)15-9-5-6-12-23-16-24-19-28(31)26(27(24)18-23)14-13-25(30)17-22-10-7-8-11-22/h13-14,16,20-22,24-28,30-31H,5-12,15,17-19H2,1-4H3/b14-13+/t24-,25+,26+,27-,28+/m0/s1. The number of hydrogen-bond acceptors (Lipinski definition) is 3. The lowest BCUT2D eigenvalue weighted by molar-refractivity contribution is 0.139. The fraction of sp³-hybridized carbons (Fsp3) is 0.857. The van der Waals surface area contributed by atoms with Crippen LogP contribution in [0.25, 0.3) is 0 Å². The Labute approximate surface area is 192 Å². The Kier molecular flexibility index (Phi) is 9.67. The lowest BCUT2D eigenvalue weighted by Crippen LogP contribution is -2.37. The van der Waals surface area contributed by atoms with Crippen molar-refractivity contribution in [1.29, 1.82) is 0 Å². The molecule has 3 aliphatic carbocycles. The molecule has 178 valence electrons. The monoisotopic (exact) mass is 431 g/mol. The summed E-state index contributed by atoms with van der Waals surface area (Å²) < 4.78 is 0. The van der Waals surface area contributed by atoms with Gasteiger partial charge in [-0.05, 0) is 90.5 Å². The third-order valence-corrected chi connectivity index (χ3v) is 8.30. The Balaban J connectivity index is 1.38. The summed E-state index contributed by atoms with van der Waals surface area (Å²) in [7, 11) is 0. The number of rotatable bonds is 12. The van der Waals surface area contributed by atoms with Gasteiger partial charge in [-0.2, -0.15) is 0 Å². The van der Waals surface area contributed by atoms with E-state index in [9.17, 15) is 10.2 Å². The van der Waals surface area contributed by atoms with E-state index in [0.717, 1.165) is 19.3 Å². The van der Waals surface area contributed by atoms with Crippen LogP contribution in [0.1, 0.15) is 98.3 Å². The second-order valence-electron chi connectivity index (χ2n) is 11.3. The van der Waals surface area contributed by atoms with E-state index in [2.05, 4.69) is 44.7 Å². The van der Waals surface area contributed by atoms with Gasteiger partial charge >= 0.3 is 0 Å². The molecule has 0 aromatic rings. The molecule has 2 fully saturated rings. The molecule has 0 aromatic heterocycles. The number of hydrogen-bond donors (Lipinski definition) is 2. The van der Waals surface area contributed by atoms with Gasteiger partial charge in [0.15, 0.2) is 0 Å². The SMILES string of the molecule is CC(C)N(CCCCCC1=C[C@H]2C[C@@H](O)[C@H](/C=C/[C@@H](O)CC3CCCC3)[C@H]2C1)C(C)C. The molecule has 0 spiro atoms. The summed E-state index contributed by atoms with van der Waals surface area (Å²) in [4.78, 5) is 2.60. The van der Waals surface area contributed by atoms with Crippen LogP contribution in [0.4, 0.5) is 0 Å². The topological polar surface area (TPSA) is 43.7 Å². The second-order valence-corrected chi connectivity index (χ2v) is 11.3. The first kappa shape index (κ1) is 25.0. The quantitative estimate of drug-likeness (QED) is 0.289. The van der Waals surface area contributed by atoms with Gasteiger partial charge in [0.25, 0.3) is 0 Å². The third-order valence-electron chi connectivity index (χ3n) is 8.30. The molecule has 0 heterocycles. The van der Waals surface area contributed by atoms with E-state index in [0.29, 0.717) is 29.8 Å². The van der Waals surface area contributed by atoms with E-state index in [1.54, 1.807) is 5.57 Å². The van der Waals surface area contributed by atoms with Gasteiger partial charge < -0.3 is 10.2 Å². The molecule has 3 aliphatic rings. The first-order valence-electron chi connectivity index (χ1n) is 13.3. The van der Waals surface area contributed by atoms with Crippen molar-refractivity contribution in [3.8, 4) is 0 Å². The molecule has 31 heavy (non-hydrogen) atoms. The molecule has 5 atom stereocenters. The lowest BCUT2D eigenvalue weighted by atomic mass is 9.88. The molecule has 2 saturated carbocycles. The fourth-order valence-electron chi connectivity index (χ4n) is 6.65. The van der Waals surface area contributed by atoms with E-state index < -0.39 is 0 Å². The van der Waals surface area contributed by atoms with E-state index in [4.69, 9.17) is 0 Å². The first-order valence-corrected chi connectivity index (χ1v) is 13.3. The Hall–Kier alpha value is -0.640. The van der Waals surface area contributed by atoms with Crippen molar-refractivity contribution >= 4 is 0 Å². The van der Waals surface area contributed by atoms with Crippen LogP contribution < -0.4 is 0 Å². The summed E-state index contributed by atoms with van der Waals surface area (Å²) in [5.41, 5.74) is 1.62. The summed E-state index contributed by atoms with van der Waals surface area (Å²) >= 11 is 0. The first-order chi connectivity index (χ1) is 14.8. The lowest BCUT2D eigenvalue weighted by Gasteiger charge is -2.30. The minimum absolute atomic E-state index is 0.225. The van der Waals surface area contributed by atoms with E-state index in [1.807, 2.05) is 6.08 Å². The molecule has 2 N–H and O–H groups in total. The molecular weight excluding hydrogens is 382 g/mol.